The molecule has 1 aliphatic rings. The van der Waals surface area contributed by atoms with Crippen molar-refractivity contribution in [2.45, 2.75) is 18.8 Å². The second kappa shape index (κ2) is 7.94. The van der Waals surface area contributed by atoms with E-state index < -0.39 is 5.97 Å². The zero-order valence-corrected chi connectivity index (χ0v) is 14.4. The first-order valence-corrected chi connectivity index (χ1v) is 8.50. The lowest BCUT2D eigenvalue weighted by atomic mass is 9.92. The van der Waals surface area contributed by atoms with Crippen LogP contribution in [0.15, 0.2) is 47.5 Å². The number of nitrogen functional groups attached to an aromatic ring is 1. The summed E-state index contributed by atoms with van der Waals surface area (Å²) in [5.74, 6) is 0.136. The van der Waals surface area contributed by atoms with E-state index in [4.69, 9.17) is 10.5 Å². The van der Waals surface area contributed by atoms with Crippen LogP contribution in [0.5, 0.6) is 0 Å². The van der Waals surface area contributed by atoms with Gasteiger partial charge in [-0.15, -0.1) is 0 Å². The van der Waals surface area contributed by atoms with E-state index in [1.165, 1.54) is 25.5 Å². The lowest BCUT2D eigenvalue weighted by Crippen LogP contribution is -2.28. The molecule has 25 heavy (non-hydrogen) atoms. The van der Waals surface area contributed by atoms with Gasteiger partial charge in [0.2, 0.25) is 0 Å². The molecule has 3 N–H and O–H groups in total. The summed E-state index contributed by atoms with van der Waals surface area (Å²) in [5, 5.41) is 3.44. The predicted molar refractivity (Wildman–Crippen MR) is 101 cm³/mol. The molecule has 0 saturated carbocycles. The maximum absolute atomic E-state index is 11.7. The summed E-state index contributed by atoms with van der Waals surface area (Å²) in [6, 6.07) is 13.5. The summed E-state index contributed by atoms with van der Waals surface area (Å²) in [6.07, 6.45) is 4.13. The van der Waals surface area contributed by atoms with Crippen molar-refractivity contribution in [3.05, 3.63) is 59.2 Å². The van der Waals surface area contributed by atoms with Crippen LogP contribution in [-0.2, 0) is 4.74 Å². The Morgan fingerprint density at radius 3 is 2.76 bits per heavy atom. The van der Waals surface area contributed by atoms with Crippen LogP contribution >= 0.6 is 0 Å². The minimum absolute atomic E-state index is 0.353. The number of aliphatic imine (C=N–C) groups is 1. The van der Waals surface area contributed by atoms with Crippen LogP contribution in [0, 0.1) is 0 Å². The van der Waals surface area contributed by atoms with Gasteiger partial charge in [0, 0.05) is 18.3 Å². The smallest absolute Gasteiger partial charge is 0.339 e. The molecule has 1 fully saturated rings. The van der Waals surface area contributed by atoms with Crippen LogP contribution in [0.25, 0.3) is 0 Å². The highest BCUT2D eigenvalue weighted by Gasteiger charge is 2.14. The number of hydrogen-bond donors (Lipinski definition) is 2. The fourth-order valence-corrected chi connectivity index (χ4v) is 3.10. The van der Waals surface area contributed by atoms with Crippen LogP contribution < -0.4 is 11.1 Å². The first-order valence-electron chi connectivity index (χ1n) is 8.50. The zero-order chi connectivity index (χ0) is 17.6. The summed E-state index contributed by atoms with van der Waals surface area (Å²) >= 11 is 0. The van der Waals surface area contributed by atoms with E-state index in [0.717, 1.165) is 18.8 Å². The molecule has 5 heteroatoms. The number of anilines is 1. The van der Waals surface area contributed by atoms with Crippen molar-refractivity contribution in [2.24, 2.45) is 4.99 Å². The molecular formula is C20H23N3O2. The molecule has 5 nitrogen and oxygen atoms in total. The van der Waals surface area contributed by atoms with Gasteiger partial charge in [-0.05, 0) is 49.1 Å². The highest BCUT2D eigenvalue weighted by molar-refractivity contribution is 6.01. The van der Waals surface area contributed by atoms with Gasteiger partial charge in [0.1, 0.15) is 0 Å². The molecule has 1 unspecified atom stereocenters. The van der Waals surface area contributed by atoms with Crippen LogP contribution in [0.1, 0.15) is 40.2 Å². The highest BCUT2D eigenvalue weighted by Crippen LogP contribution is 2.25. The Morgan fingerprint density at radius 2 is 2.08 bits per heavy atom. The molecule has 1 heterocycles. The SMILES string of the molecule is COC(=O)c1cccc(C=Nc2ccc(C3CCCNC3)cc2)c1N. The first-order chi connectivity index (χ1) is 12.2. The summed E-state index contributed by atoms with van der Waals surface area (Å²) < 4.78 is 4.74. The molecule has 0 spiro atoms. The van der Waals surface area contributed by atoms with Gasteiger partial charge in [-0.3, -0.25) is 4.99 Å². The summed E-state index contributed by atoms with van der Waals surface area (Å²) in [5.41, 5.74) is 9.68. The number of methoxy groups -OCH3 is 1. The molecule has 1 atom stereocenters. The molecule has 130 valence electrons. The van der Waals surface area contributed by atoms with E-state index >= 15 is 0 Å². The number of para-hydroxylation sites is 1. The van der Waals surface area contributed by atoms with E-state index in [0.29, 0.717) is 22.7 Å². The lowest BCUT2D eigenvalue weighted by molar-refractivity contribution is 0.0602. The molecule has 3 rings (SSSR count). The number of carbonyl (C=O) groups excluding carboxylic acids is 1. The number of benzene rings is 2. The molecule has 0 aromatic heterocycles. The predicted octanol–water partition coefficient (Wildman–Crippen LogP) is 3.27. The Bertz CT molecular complexity index is 763. The van der Waals surface area contributed by atoms with Gasteiger partial charge in [0.15, 0.2) is 0 Å². The Hall–Kier alpha value is -2.66. The minimum Gasteiger partial charge on any atom is -0.465 e. The average molecular weight is 337 g/mol. The van der Waals surface area contributed by atoms with Crippen molar-refractivity contribution < 1.29 is 9.53 Å². The van der Waals surface area contributed by atoms with Crippen molar-refractivity contribution >= 4 is 23.6 Å². The number of piperidine rings is 1. The zero-order valence-electron chi connectivity index (χ0n) is 14.4. The third-order valence-corrected chi connectivity index (χ3v) is 4.56. The third-order valence-electron chi connectivity index (χ3n) is 4.56. The number of rotatable bonds is 4. The van der Waals surface area contributed by atoms with Crippen molar-refractivity contribution in [3.63, 3.8) is 0 Å². The van der Waals surface area contributed by atoms with Gasteiger partial charge in [-0.1, -0.05) is 24.3 Å². The van der Waals surface area contributed by atoms with E-state index in [1.54, 1.807) is 18.3 Å². The lowest BCUT2D eigenvalue weighted by Gasteiger charge is -2.23. The maximum Gasteiger partial charge on any atom is 0.339 e. The number of esters is 1. The number of nitrogens with zero attached hydrogens (tertiary/aromatic N) is 1. The Balaban J connectivity index is 1.75. The average Bonchev–Trinajstić information content (AvgIpc) is 2.68. The largest absolute Gasteiger partial charge is 0.465 e. The maximum atomic E-state index is 11.7. The fraction of sp³-hybridized carbons (Fsp3) is 0.300. The van der Waals surface area contributed by atoms with E-state index in [2.05, 4.69) is 22.4 Å². The van der Waals surface area contributed by atoms with Crippen molar-refractivity contribution in [3.8, 4) is 0 Å². The third kappa shape index (κ3) is 4.06. The number of hydrogen-bond acceptors (Lipinski definition) is 5. The molecule has 0 amide bonds. The minimum atomic E-state index is -0.446. The fourth-order valence-electron chi connectivity index (χ4n) is 3.10. The highest BCUT2D eigenvalue weighted by atomic mass is 16.5. The summed E-state index contributed by atoms with van der Waals surface area (Å²) in [6.45, 7) is 2.16. The van der Waals surface area contributed by atoms with Crippen molar-refractivity contribution in [1.29, 1.82) is 0 Å². The van der Waals surface area contributed by atoms with Crippen LogP contribution in [-0.4, -0.2) is 32.4 Å². The molecule has 1 saturated heterocycles. The molecular weight excluding hydrogens is 314 g/mol. The van der Waals surface area contributed by atoms with E-state index in [-0.39, 0.29) is 0 Å². The first kappa shape index (κ1) is 17.2. The number of nitrogens with one attached hydrogen (secondary N) is 1. The van der Waals surface area contributed by atoms with Gasteiger partial charge in [-0.2, -0.15) is 0 Å². The van der Waals surface area contributed by atoms with E-state index in [1.807, 2.05) is 18.2 Å². The van der Waals surface area contributed by atoms with Gasteiger partial charge in [0.05, 0.1) is 24.0 Å². The van der Waals surface area contributed by atoms with Crippen molar-refractivity contribution in [2.75, 3.05) is 25.9 Å². The summed E-state index contributed by atoms with van der Waals surface area (Å²) in [4.78, 5) is 16.2. The second-order valence-electron chi connectivity index (χ2n) is 6.19. The van der Waals surface area contributed by atoms with Gasteiger partial charge in [-0.25, -0.2) is 4.79 Å². The van der Waals surface area contributed by atoms with E-state index in [9.17, 15) is 4.79 Å². The number of carbonyl (C=O) groups is 1. The quantitative estimate of drug-likeness (QED) is 0.510. The normalized spacial score (nSPS) is 17.6. The Kier molecular flexibility index (Phi) is 5.46. The Morgan fingerprint density at radius 1 is 1.28 bits per heavy atom. The van der Waals surface area contributed by atoms with Crippen LogP contribution in [0.4, 0.5) is 11.4 Å². The van der Waals surface area contributed by atoms with Crippen LogP contribution in [0.3, 0.4) is 0 Å². The van der Waals surface area contributed by atoms with Crippen LogP contribution in [0.2, 0.25) is 0 Å². The monoisotopic (exact) mass is 337 g/mol. The number of ether oxygens (including phenoxy) is 1. The Labute approximate surface area is 147 Å². The molecule has 2 aromatic carbocycles. The molecule has 0 aliphatic carbocycles. The van der Waals surface area contributed by atoms with Crippen molar-refractivity contribution in [1.82, 2.24) is 5.32 Å². The molecule has 2 aromatic rings. The molecule has 0 bridgehead atoms. The standard InChI is InChI=1S/C20H23N3O2/c1-25-20(24)18-6-2-4-16(19(18)21)13-23-17-9-7-14(8-10-17)15-5-3-11-22-12-15/h2,4,6-10,13,15,22H,3,5,11-12,21H2,1H3. The second-order valence-corrected chi connectivity index (χ2v) is 6.19. The van der Waals surface area contributed by atoms with Gasteiger partial charge < -0.3 is 15.8 Å². The summed E-state index contributed by atoms with van der Waals surface area (Å²) in [7, 11) is 1.34. The van der Waals surface area contributed by atoms with Gasteiger partial charge >= 0.3 is 5.97 Å². The number of nitrogens with two attached hydrogens (primary N) is 1. The topological polar surface area (TPSA) is 76.7 Å². The van der Waals surface area contributed by atoms with Gasteiger partial charge in [0.25, 0.3) is 0 Å². The molecule has 0 radical (unpaired) electrons. The molecule has 1 aliphatic heterocycles.